The Kier molecular flexibility index (Phi) is 6.10. The molecule has 150 valence electrons. The van der Waals surface area contributed by atoms with Crippen molar-refractivity contribution in [3.8, 4) is 17.2 Å². The van der Waals surface area contributed by atoms with E-state index in [0.717, 1.165) is 35.4 Å². The monoisotopic (exact) mass is 390 g/mol. The van der Waals surface area contributed by atoms with Crippen LogP contribution >= 0.6 is 0 Å². The lowest BCUT2D eigenvalue weighted by molar-refractivity contribution is 0.119. The van der Waals surface area contributed by atoms with E-state index in [1.165, 1.54) is 6.42 Å². The van der Waals surface area contributed by atoms with E-state index in [1.54, 1.807) is 13.3 Å². The zero-order valence-electron chi connectivity index (χ0n) is 16.6. The summed E-state index contributed by atoms with van der Waals surface area (Å²) in [6, 6.07) is 18.0. The first-order valence-corrected chi connectivity index (χ1v) is 10.0. The summed E-state index contributed by atoms with van der Waals surface area (Å²) in [6.45, 7) is 1.16. The number of benzene rings is 2. The molecule has 6 nitrogen and oxygen atoms in total. The van der Waals surface area contributed by atoms with Crippen LogP contribution < -0.4 is 15.4 Å². The van der Waals surface area contributed by atoms with Crippen molar-refractivity contribution < 1.29 is 9.15 Å². The van der Waals surface area contributed by atoms with Gasteiger partial charge in [-0.1, -0.05) is 36.4 Å². The number of hydrogen-bond acceptors (Lipinski definition) is 4. The van der Waals surface area contributed by atoms with Crippen molar-refractivity contribution in [3.05, 3.63) is 72.1 Å². The van der Waals surface area contributed by atoms with E-state index in [2.05, 4.69) is 26.7 Å². The lowest BCUT2D eigenvalue weighted by Gasteiger charge is -2.27. The molecule has 2 aromatic carbocycles. The Bertz CT molecular complexity index is 948. The zero-order valence-corrected chi connectivity index (χ0v) is 16.6. The summed E-state index contributed by atoms with van der Waals surface area (Å²) < 4.78 is 11.7. The first-order chi connectivity index (χ1) is 14.3. The molecular formula is C23H26N4O2. The van der Waals surface area contributed by atoms with Crippen LogP contribution in [0.1, 0.15) is 30.5 Å². The molecule has 29 heavy (non-hydrogen) atoms. The molecule has 1 saturated carbocycles. The van der Waals surface area contributed by atoms with Crippen molar-refractivity contribution in [2.24, 2.45) is 4.99 Å². The molecule has 0 spiro atoms. The number of oxazole rings is 1. The van der Waals surface area contributed by atoms with Crippen LogP contribution in [0.2, 0.25) is 0 Å². The topological polar surface area (TPSA) is 71.7 Å². The molecule has 0 amide bonds. The summed E-state index contributed by atoms with van der Waals surface area (Å²) in [6.07, 6.45) is 5.58. The van der Waals surface area contributed by atoms with Gasteiger partial charge < -0.3 is 19.8 Å². The third-order valence-electron chi connectivity index (χ3n) is 5.00. The van der Waals surface area contributed by atoms with E-state index in [0.29, 0.717) is 31.0 Å². The largest absolute Gasteiger partial charge is 0.490 e. The lowest BCUT2D eigenvalue weighted by atomic mass is 9.96. The number of ether oxygens (including phenoxy) is 1. The predicted octanol–water partition coefficient (Wildman–Crippen LogP) is 4.14. The maximum absolute atomic E-state index is 6.10. The number of aliphatic imine (C=N–C) groups is 1. The molecule has 1 fully saturated rings. The second-order valence-electron chi connectivity index (χ2n) is 7.07. The molecule has 0 saturated heterocycles. The maximum atomic E-state index is 6.10. The van der Waals surface area contributed by atoms with Gasteiger partial charge in [0.2, 0.25) is 5.89 Å². The van der Waals surface area contributed by atoms with E-state index < -0.39 is 0 Å². The average molecular weight is 390 g/mol. The Hall–Kier alpha value is -3.28. The third kappa shape index (κ3) is 4.96. The molecule has 0 unspecified atom stereocenters. The van der Waals surface area contributed by atoms with Crippen LogP contribution in [0.3, 0.4) is 0 Å². The molecule has 1 heterocycles. The molecule has 6 heteroatoms. The summed E-state index contributed by atoms with van der Waals surface area (Å²) in [4.78, 5) is 8.83. The summed E-state index contributed by atoms with van der Waals surface area (Å²) in [5.74, 6) is 2.27. The highest BCUT2D eigenvalue weighted by atomic mass is 16.5. The Morgan fingerprint density at radius 1 is 1.07 bits per heavy atom. The Labute approximate surface area is 171 Å². The van der Waals surface area contributed by atoms with Gasteiger partial charge in [0.25, 0.3) is 0 Å². The van der Waals surface area contributed by atoms with Gasteiger partial charge in [-0.05, 0) is 37.5 Å². The van der Waals surface area contributed by atoms with Gasteiger partial charge >= 0.3 is 0 Å². The first-order valence-electron chi connectivity index (χ1n) is 10.0. The molecular weight excluding hydrogens is 364 g/mol. The molecule has 3 aromatic rings. The SMILES string of the molecule is CN=C(NCc1coc(-c2ccccc2)n1)NCc1ccccc1OC1CCC1. The predicted molar refractivity (Wildman–Crippen MR) is 114 cm³/mol. The molecule has 0 bridgehead atoms. The van der Waals surface area contributed by atoms with E-state index >= 15 is 0 Å². The van der Waals surface area contributed by atoms with Crippen molar-refractivity contribution in [1.29, 1.82) is 0 Å². The highest BCUT2D eigenvalue weighted by Gasteiger charge is 2.20. The number of para-hydroxylation sites is 1. The van der Waals surface area contributed by atoms with Crippen molar-refractivity contribution in [2.75, 3.05) is 7.05 Å². The van der Waals surface area contributed by atoms with Gasteiger partial charge in [0.1, 0.15) is 12.0 Å². The molecule has 1 aliphatic carbocycles. The van der Waals surface area contributed by atoms with Gasteiger partial charge in [-0.25, -0.2) is 4.98 Å². The van der Waals surface area contributed by atoms with Crippen molar-refractivity contribution in [3.63, 3.8) is 0 Å². The van der Waals surface area contributed by atoms with Crippen LogP contribution in [0.15, 0.2) is 70.3 Å². The summed E-state index contributed by atoms with van der Waals surface area (Å²) in [7, 11) is 1.75. The number of aromatic nitrogens is 1. The fraction of sp³-hybridized carbons (Fsp3) is 0.304. The van der Waals surface area contributed by atoms with E-state index in [-0.39, 0.29) is 0 Å². The summed E-state index contributed by atoms with van der Waals surface area (Å²) in [5, 5.41) is 6.62. The van der Waals surface area contributed by atoms with Crippen LogP contribution in [0, 0.1) is 0 Å². The van der Waals surface area contributed by atoms with E-state index in [1.807, 2.05) is 48.5 Å². The third-order valence-corrected chi connectivity index (χ3v) is 5.00. The normalized spacial score (nSPS) is 14.3. The van der Waals surface area contributed by atoms with Gasteiger partial charge in [0, 0.05) is 24.7 Å². The Morgan fingerprint density at radius 3 is 2.59 bits per heavy atom. The minimum atomic E-state index is 0.361. The fourth-order valence-electron chi connectivity index (χ4n) is 3.11. The molecule has 0 aliphatic heterocycles. The average Bonchev–Trinajstić information content (AvgIpc) is 3.21. The smallest absolute Gasteiger partial charge is 0.226 e. The number of hydrogen-bond donors (Lipinski definition) is 2. The molecule has 0 radical (unpaired) electrons. The quantitative estimate of drug-likeness (QED) is 0.469. The zero-order chi connectivity index (χ0) is 19.9. The number of guanidine groups is 1. The van der Waals surface area contributed by atoms with Gasteiger partial charge in [-0.2, -0.15) is 0 Å². The van der Waals surface area contributed by atoms with Crippen LogP contribution in [0.5, 0.6) is 5.75 Å². The van der Waals surface area contributed by atoms with E-state index in [9.17, 15) is 0 Å². The molecule has 0 atom stereocenters. The Balaban J connectivity index is 1.31. The van der Waals surface area contributed by atoms with Gasteiger partial charge in [-0.15, -0.1) is 0 Å². The standard InChI is InChI=1S/C23H26N4O2/c1-24-23(25-14-18-10-5-6-13-21(18)29-20-11-7-12-20)26-15-19-16-28-22(27-19)17-8-3-2-4-9-17/h2-6,8-10,13,16,20H,7,11-12,14-15H2,1H3,(H2,24,25,26). The minimum absolute atomic E-state index is 0.361. The van der Waals surface area contributed by atoms with Crippen molar-refractivity contribution >= 4 is 5.96 Å². The second-order valence-corrected chi connectivity index (χ2v) is 7.07. The molecule has 4 rings (SSSR count). The highest BCUT2D eigenvalue weighted by molar-refractivity contribution is 5.79. The number of nitrogens with zero attached hydrogens (tertiary/aromatic N) is 2. The second kappa shape index (κ2) is 9.28. The number of nitrogens with one attached hydrogen (secondary N) is 2. The minimum Gasteiger partial charge on any atom is -0.490 e. The van der Waals surface area contributed by atoms with Crippen molar-refractivity contribution in [2.45, 2.75) is 38.5 Å². The van der Waals surface area contributed by atoms with Gasteiger partial charge in [0.05, 0.1) is 18.3 Å². The van der Waals surface area contributed by atoms with Crippen molar-refractivity contribution in [1.82, 2.24) is 15.6 Å². The van der Waals surface area contributed by atoms with E-state index in [4.69, 9.17) is 9.15 Å². The lowest BCUT2D eigenvalue weighted by Crippen LogP contribution is -2.36. The van der Waals surface area contributed by atoms with Crippen LogP contribution in [0.25, 0.3) is 11.5 Å². The van der Waals surface area contributed by atoms with Gasteiger partial charge in [0.15, 0.2) is 5.96 Å². The molecule has 1 aromatic heterocycles. The number of rotatable bonds is 7. The maximum Gasteiger partial charge on any atom is 0.226 e. The molecule has 1 aliphatic rings. The van der Waals surface area contributed by atoms with Gasteiger partial charge in [-0.3, -0.25) is 4.99 Å². The van der Waals surface area contributed by atoms with Crippen LogP contribution in [0.4, 0.5) is 0 Å². The Morgan fingerprint density at radius 2 is 1.83 bits per heavy atom. The summed E-state index contributed by atoms with van der Waals surface area (Å²) in [5.41, 5.74) is 2.90. The fourth-order valence-corrected chi connectivity index (χ4v) is 3.11. The first kappa shape index (κ1) is 19.1. The van der Waals surface area contributed by atoms with Crippen LogP contribution in [-0.2, 0) is 13.1 Å². The highest BCUT2D eigenvalue weighted by Crippen LogP contribution is 2.27. The summed E-state index contributed by atoms with van der Waals surface area (Å²) >= 11 is 0. The van der Waals surface area contributed by atoms with Crippen LogP contribution in [-0.4, -0.2) is 24.1 Å². The molecule has 2 N–H and O–H groups in total.